The highest BCUT2D eigenvalue weighted by molar-refractivity contribution is 5.85. The smallest absolute Gasteiger partial charge is 0.410 e. The third kappa shape index (κ3) is 1.23. The first-order chi connectivity index (χ1) is 6.61. The fourth-order valence-electron chi connectivity index (χ4n) is 2.00. The zero-order valence-electron chi connectivity index (χ0n) is 8.40. The van der Waals surface area contributed by atoms with Gasteiger partial charge in [0, 0.05) is 13.6 Å². The molecule has 5 nitrogen and oxygen atoms in total. The first-order valence-corrected chi connectivity index (χ1v) is 4.79. The standard InChI is InChI=1S/C9H14N2O3/c1-6-7(10(2)8(6)12)5-11-3-4-14-9(11)13/h6-7H,3-5H2,1-2H3. The third-order valence-electron chi connectivity index (χ3n) is 3.06. The first kappa shape index (κ1) is 9.30. The second-order valence-electron chi connectivity index (χ2n) is 3.87. The fourth-order valence-corrected chi connectivity index (χ4v) is 2.00. The van der Waals surface area contributed by atoms with Gasteiger partial charge in [0.25, 0.3) is 0 Å². The van der Waals surface area contributed by atoms with E-state index in [1.807, 2.05) is 6.92 Å². The first-order valence-electron chi connectivity index (χ1n) is 4.79. The van der Waals surface area contributed by atoms with E-state index in [-0.39, 0.29) is 24.0 Å². The van der Waals surface area contributed by atoms with Crippen molar-refractivity contribution in [1.82, 2.24) is 9.80 Å². The van der Waals surface area contributed by atoms with Crippen LogP contribution >= 0.6 is 0 Å². The Balaban J connectivity index is 1.92. The summed E-state index contributed by atoms with van der Waals surface area (Å²) < 4.78 is 4.82. The van der Waals surface area contributed by atoms with Gasteiger partial charge < -0.3 is 14.5 Å². The van der Waals surface area contributed by atoms with Crippen molar-refractivity contribution in [3.8, 4) is 0 Å². The van der Waals surface area contributed by atoms with Crippen LogP contribution in [0.1, 0.15) is 6.92 Å². The van der Waals surface area contributed by atoms with Crippen molar-refractivity contribution in [2.75, 3.05) is 26.7 Å². The number of β-lactam (4-membered cyclic amide) rings is 1. The minimum atomic E-state index is -0.259. The van der Waals surface area contributed by atoms with Crippen molar-refractivity contribution in [3.63, 3.8) is 0 Å². The molecule has 0 spiro atoms. The Hall–Kier alpha value is -1.26. The van der Waals surface area contributed by atoms with Crippen LogP contribution in [0, 0.1) is 5.92 Å². The number of carbonyl (C=O) groups is 2. The van der Waals surface area contributed by atoms with E-state index in [2.05, 4.69) is 0 Å². The molecule has 0 aromatic carbocycles. The number of ether oxygens (including phenoxy) is 1. The number of carbonyl (C=O) groups excluding carboxylic acids is 2. The number of amides is 2. The van der Waals surface area contributed by atoms with Crippen molar-refractivity contribution >= 4 is 12.0 Å². The van der Waals surface area contributed by atoms with Crippen molar-refractivity contribution < 1.29 is 14.3 Å². The molecule has 2 atom stereocenters. The number of likely N-dealkylation sites (N-methyl/N-ethyl adjacent to an activating group) is 1. The molecule has 0 aromatic rings. The van der Waals surface area contributed by atoms with Gasteiger partial charge in [-0.3, -0.25) is 4.79 Å². The Labute approximate surface area is 82.6 Å². The van der Waals surface area contributed by atoms with E-state index in [4.69, 9.17) is 4.74 Å². The highest BCUT2D eigenvalue weighted by atomic mass is 16.6. The van der Waals surface area contributed by atoms with Gasteiger partial charge in [-0.15, -0.1) is 0 Å². The molecule has 0 radical (unpaired) electrons. The summed E-state index contributed by atoms with van der Waals surface area (Å²) in [4.78, 5) is 25.7. The maximum absolute atomic E-state index is 11.2. The summed E-state index contributed by atoms with van der Waals surface area (Å²) in [6.45, 7) is 3.61. The van der Waals surface area contributed by atoms with Gasteiger partial charge in [0.1, 0.15) is 6.61 Å². The van der Waals surface area contributed by atoms with Crippen LogP contribution in [0.2, 0.25) is 0 Å². The van der Waals surface area contributed by atoms with Gasteiger partial charge in [0.15, 0.2) is 0 Å². The molecule has 2 unspecified atom stereocenters. The monoisotopic (exact) mass is 198 g/mol. The van der Waals surface area contributed by atoms with Gasteiger partial charge in [0.2, 0.25) is 5.91 Å². The van der Waals surface area contributed by atoms with Crippen molar-refractivity contribution in [2.24, 2.45) is 5.92 Å². The Morgan fingerprint density at radius 1 is 1.50 bits per heavy atom. The Morgan fingerprint density at radius 3 is 2.71 bits per heavy atom. The molecular formula is C9H14N2O3. The topological polar surface area (TPSA) is 49.9 Å². The number of likely N-dealkylation sites (tertiary alicyclic amines) is 1. The molecule has 0 bridgehead atoms. The van der Waals surface area contributed by atoms with Crippen LogP contribution < -0.4 is 0 Å². The fraction of sp³-hybridized carbons (Fsp3) is 0.778. The van der Waals surface area contributed by atoms with E-state index >= 15 is 0 Å². The number of hydrogen-bond acceptors (Lipinski definition) is 3. The minimum absolute atomic E-state index is 0.0356. The number of hydrogen-bond donors (Lipinski definition) is 0. The predicted molar refractivity (Wildman–Crippen MR) is 48.6 cm³/mol. The molecule has 14 heavy (non-hydrogen) atoms. The molecule has 78 valence electrons. The van der Waals surface area contributed by atoms with Gasteiger partial charge in [-0.05, 0) is 0 Å². The summed E-state index contributed by atoms with van der Waals surface area (Å²) in [6, 6.07) is 0.160. The molecular weight excluding hydrogens is 184 g/mol. The van der Waals surface area contributed by atoms with Gasteiger partial charge >= 0.3 is 6.09 Å². The lowest BCUT2D eigenvalue weighted by Gasteiger charge is -2.44. The summed E-state index contributed by atoms with van der Waals surface area (Å²) in [5.41, 5.74) is 0. The normalized spacial score (nSPS) is 31.9. The lowest BCUT2D eigenvalue weighted by atomic mass is 9.89. The summed E-state index contributed by atoms with van der Waals surface area (Å²) in [7, 11) is 1.77. The second-order valence-corrected chi connectivity index (χ2v) is 3.87. The average Bonchev–Trinajstić information content (AvgIpc) is 2.59. The molecule has 2 aliphatic rings. The third-order valence-corrected chi connectivity index (χ3v) is 3.06. The van der Waals surface area contributed by atoms with E-state index in [0.717, 1.165) is 0 Å². The molecule has 0 aromatic heterocycles. The summed E-state index contributed by atoms with van der Waals surface area (Å²) >= 11 is 0. The van der Waals surface area contributed by atoms with E-state index in [0.29, 0.717) is 19.7 Å². The van der Waals surface area contributed by atoms with Crippen LogP contribution in [-0.4, -0.2) is 54.6 Å². The van der Waals surface area contributed by atoms with Crippen LogP contribution in [0.25, 0.3) is 0 Å². The van der Waals surface area contributed by atoms with Crippen molar-refractivity contribution in [3.05, 3.63) is 0 Å². The van der Waals surface area contributed by atoms with E-state index in [9.17, 15) is 9.59 Å². The Morgan fingerprint density at radius 2 is 2.21 bits per heavy atom. The lowest BCUT2D eigenvalue weighted by molar-refractivity contribution is -0.152. The van der Waals surface area contributed by atoms with Crippen LogP contribution in [0.4, 0.5) is 4.79 Å². The molecule has 0 N–H and O–H groups in total. The molecule has 2 aliphatic heterocycles. The summed E-state index contributed by atoms with van der Waals surface area (Å²) in [5, 5.41) is 0. The Bertz CT molecular complexity index is 267. The van der Waals surface area contributed by atoms with E-state index in [1.165, 1.54) is 0 Å². The minimum Gasteiger partial charge on any atom is -0.448 e. The highest BCUT2D eigenvalue weighted by Crippen LogP contribution is 2.25. The second kappa shape index (κ2) is 3.15. The molecule has 2 saturated heterocycles. The number of nitrogens with zero attached hydrogens (tertiary/aromatic N) is 2. The van der Waals surface area contributed by atoms with E-state index in [1.54, 1.807) is 16.8 Å². The molecule has 2 rings (SSSR count). The molecule has 0 aliphatic carbocycles. The molecule has 2 fully saturated rings. The zero-order valence-corrected chi connectivity index (χ0v) is 8.40. The van der Waals surface area contributed by atoms with Crippen LogP contribution in [-0.2, 0) is 9.53 Å². The Kier molecular flexibility index (Phi) is 2.09. The van der Waals surface area contributed by atoms with Gasteiger partial charge in [-0.25, -0.2) is 4.79 Å². The zero-order chi connectivity index (χ0) is 10.3. The maximum Gasteiger partial charge on any atom is 0.410 e. The predicted octanol–water partition coefficient (Wildman–Crippen LogP) is -0.0847. The molecule has 5 heteroatoms. The molecule has 0 saturated carbocycles. The van der Waals surface area contributed by atoms with Crippen LogP contribution in [0.15, 0.2) is 0 Å². The van der Waals surface area contributed by atoms with Gasteiger partial charge in [-0.2, -0.15) is 0 Å². The largest absolute Gasteiger partial charge is 0.448 e. The average molecular weight is 198 g/mol. The SMILES string of the molecule is CC1C(=O)N(C)C1CN1CCOC1=O. The number of cyclic esters (lactones) is 1. The summed E-state index contributed by atoms with van der Waals surface area (Å²) in [5.74, 6) is 0.191. The summed E-state index contributed by atoms with van der Waals surface area (Å²) in [6.07, 6.45) is -0.259. The quantitative estimate of drug-likeness (QED) is 0.583. The lowest BCUT2D eigenvalue weighted by Crippen LogP contribution is -2.61. The van der Waals surface area contributed by atoms with Crippen LogP contribution in [0.5, 0.6) is 0 Å². The van der Waals surface area contributed by atoms with Crippen molar-refractivity contribution in [2.45, 2.75) is 13.0 Å². The molecule has 2 amide bonds. The van der Waals surface area contributed by atoms with E-state index < -0.39 is 0 Å². The van der Waals surface area contributed by atoms with Crippen molar-refractivity contribution in [1.29, 1.82) is 0 Å². The van der Waals surface area contributed by atoms with Gasteiger partial charge in [0.05, 0.1) is 18.5 Å². The highest BCUT2D eigenvalue weighted by Gasteiger charge is 2.43. The number of rotatable bonds is 2. The maximum atomic E-state index is 11.2. The van der Waals surface area contributed by atoms with Crippen LogP contribution in [0.3, 0.4) is 0 Å². The molecule has 2 heterocycles. The van der Waals surface area contributed by atoms with Gasteiger partial charge in [-0.1, -0.05) is 6.92 Å².